The summed E-state index contributed by atoms with van der Waals surface area (Å²) in [6, 6.07) is 3.13. The van der Waals surface area contributed by atoms with Crippen molar-refractivity contribution in [1.82, 2.24) is 24.5 Å². The first-order valence-corrected chi connectivity index (χ1v) is 7.95. The van der Waals surface area contributed by atoms with Gasteiger partial charge in [-0.1, -0.05) is 23.4 Å². The second kappa shape index (κ2) is 6.44. The number of hydrogen-bond donors (Lipinski definition) is 2. The molecule has 0 saturated carbocycles. The Morgan fingerprint density at radius 1 is 1.36 bits per heavy atom. The van der Waals surface area contributed by atoms with Crippen LogP contribution in [0.4, 0.5) is 18.9 Å². The minimum atomic E-state index is -4.61. The van der Waals surface area contributed by atoms with Crippen LogP contribution in [0.2, 0.25) is 5.02 Å². The Balaban J connectivity index is 1.67. The molecule has 0 spiro atoms. The molecule has 0 fully saturated rings. The number of hydrogen-bond acceptors (Lipinski definition) is 6. The van der Waals surface area contributed by atoms with Crippen LogP contribution in [0.25, 0.3) is 5.78 Å². The number of nitrogens with zero attached hydrogens (tertiary/aromatic N) is 5. The van der Waals surface area contributed by atoms with E-state index in [0.29, 0.717) is 5.16 Å². The lowest BCUT2D eigenvalue weighted by Gasteiger charge is -2.11. The minimum Gasteiger partial charge on any atom is -0.335 e. The zero-order valence-corrected chi connectivity index (χ0v) is 13.7. The lowest BCUT2D eigenvalue weighted by molar-refractivity contribution is -0.137. The van der Waals surface area contributed by atoms with Gasteiger partial charge in [0.2, 0.25) is 11.1 Å². The molecule has 3 N–H and O–H groups in total. The van der Waals surface area contributed by atoms with E-state index in [-0.39, 0.29) is 17.2 Å². The third-order valence-electron chi connectivity index (χ3n) is 3.01. The predicted molar refractivity (Wildman–Crippen MR) is 84.7 cm³/mol. The Morgan fingerprint density at radius 2 is 2.12 bits per heavy atom. The number of nitrogens with one attached hydrogen (secondary N) is 1. The number of carbonyl (C=O) groups excluding carboxylic acids is 1. The van der Waals surface area contributed by atoms with E-state index in [2.05, 4.69) is 20.6 Å². The van der Waals surface area contributed by atoms with Gasteiger partial charge in [0.1, 0.15) is 6.33 Å². The highest BCUT2D eigenvalue weighted by atomic mass is 35.5. The van der Waals surface area contributed by atoms with Gasteiger partial charge in [-0.3, -0.25) is 4.79 Å². The van der Waals surface area contributed by atoms with Gasteiger partial charge in [-0.15, -0.1) is 10.2 Å². The topological polar surface area (TPSA) is 103 Å². The number of benzene rings is 1. The Morgan fingerprint density at radius 3 is 2.84 bits per heavy atom. The fourth-order valence-corrected chi connectivity index (χ4v) is 2.82. The third kappa shape index (κ3) is 3.64. The maximum Gasteiger partial charge on any atom is 0.417 e. The van der Waals surface area contributed by atoms with Crippen molar-refractivity contribution in [2.75, 3.05) is 16.9 Å². The number of fused-ring (bicyclic) bond motifs is 1. The van der Waals surface area contributed by atoms with Gasteiger partial charge in [0.25, 0.3) is 5.78 Å². The van der Waals surface area contributed by atoms with Crippen molar-refractivity contribution in [1.29, 1.82) is 0 Å². The minimum absolute atomic E-state index is 0.0139. The van der Waals surface area contributed by atoms with Crippen molar-refractivity contribution >= 4 is 40.7 Å². The highest BCUT2D eigenvalue weighted by Gasteiger charge is 2.33. The number of aromatic nitrogens is 5. The van der Waals surface area contributed by atoms with E-state index in [1.54, 1.807) is 0 Å². The first kappa shape index (κ1) is 17.4. The molecule has 3 aromatic rings. The normalized spacial score (nSPS) is 11.8. The Labute approximate surface area is 147 Å². The summed E-state index contributed by atoms with van der Waals surface area (Å²) in [5.74, 6) is 5.20. The molecule has 1 amide bonds. The van der Waals surface area contributed by atoms with E-state index in [1.807, 2.05) is 0 Å². The van der Waals surface area contributed by atoms with E-state index in [9.17, 15) is 18.0 Å². The van der Waals surface area contributed by atoms with Gasteiger partial charge >= 0.3 is 6.18 Å². The van der Waals surface area contributed by atoms with Gasteiger partial charge < -0.3 is 11.2 Å². The fourth-order valence-electron chi connectivity index (χ4n) is 1.92. The largest absolute Gasteiger partial charge is 0.417 e. The van der Waals surface area contributed by atoms with Gasteiger partial charge in [-0.25, -0.2) is 4.68 Å². The summed E-state index contributed by atoms with van der Waals surface area (Å²) in [5, 5.41) is 13.8. The molecule has 0 unspecified atom stereocenters. The van der Waals surface area contributed by atoms with Crippen molar-refractivity contribution in [2.45, 2.75) is 11.3 Å². The first-order chi connectivity index (χ1) is 11.8. The van der Waals surface area contributed by atoms with Crippen molar-refractivity contribution in [3.05, 3.63) is 35.1 Å². The molecule has 0 saturated heterocycles. The van der Waals surface area contributed by atoms with Gasteiger partial charge in [0, 0.05) is 5.69 Å². The first-order valence-electron chi connectivity index (χ1n) is 6.59. The quantitative estimate of drug-likeness (QED) is 0.521. The molecule has 0 bridgehead atoms. The molecule has 8 nitrogen and oxygen atoms in total. The summed E-state index contributed by atoms with van der Waals surface area (Å²) in [4.78, 5) is 11.9. The van der Waals surface area contributed by atoms with Crippen LogP contribution in [0.3, 0.4) is 0 Å². The average molecular weight is 392 g/mol. The summed E-state index contributed by atoms with van der Waals surface area (Å²) in [5.41, 5.74) is -1.03. The summed E-state index contributed by atoms with van der Waals surface area (Å²) in [6.45, 7) is 0. The maximum absolute atomic E-state index is 12.8. The zero-order valence-electron chi connectivity index (χ0n) is 12.2. The van der Waals surface area contributed by atoms with Crippen LogP contribution in [0.15, 0.2) is 29.7 Å². The molecule has 2 aromatic heterocycles. The Kier molecular flexibility index (Phi) is 4.47. The molecule has 0 atom stereocenters. The monoisotopic (exact) mass is 391 g/mol. The molecule has 13 heteroatoms. The van der Waals surface area contributed by atoms with Crippen LogP contribution in [0.1, 0.15) is 5.56 Å². The van der Waals surface area contributed by atoms with E-state index in [1.165, 1.54) is 16.9 Å². The molecule has 1 aromatic carbocycles. The van der Waals surface area contributed by atoms with E-state index in [0.717, 1.165) is 28.6 Å². The smallest absolute Gasteiger partial charge is 0.335 e. The molecule has 3 rings (SSSR count). The fraction of sp³-hybridized carbons (Fsp3) is 0.167. The van der Waals surface area contributed by atoms with Crippen molar-refractivity contribution in [3.63, 3.8) is 0 Å². The second-order valence-corrected chi connectivity index (χ2v) is 6.11. The molecule has 0 aliphatic heterocycles. The van der Waals surface area contributed by atoms with Crippen LogP contribution in [0.5, 0.6) is 0 Å². The van der Waals surface area contributed by atoms with Gasteiger partial charge in [-0.2, -0.15) is 22.8 Å². The SMILES string of the molecule is Nn1cnn2c(SCC(=O)Nc3ccc(Cl)c(C(F)(F)F)c3)nnc12. The van der Waals surface area contributed by atoms with Crippen LogP contribution in [-0.2, 0) is 11.0 Å². The number of nitrogens with two attached hydrogens (primary N) is 1. The van der Waals surface area contributed by atoms with Crippen LogP contribution >= 0.6 is 23.4 Å². The predicted octanol–water partition coefficient (Wildman–Crippen LogP) is 2.04. The molecule has 132 valence electrons. The van der Waals surface area contributed by atoms with Gasteiger partial charge in [0.05, 0.1) is 16.3 Å². The molecule has 0 radical (unpaired) electrons. The summed E-state index contributed by atoms with van der Waals surface area (Å²) in [6.07, 6.45) is -3.29. The average Bonchev–Trinajstić information content (AvgIpc) is 3.09. The number of halogens is 4. The van der Waals surface area contributed by atoms with E-state index in [4.69, 9.17) is 17.4 Å². The van der Waals surface area contributed by atoms with Gasteiger partial charge in [0.15, 0.2) is 0 Å². The number of alkyl halides is 3. The van der Waals surface area contributed by atoms with E-state index < -0.39 is 22.7 Å². The lowest BCUT2D eigenvalue weighted by atomic mass is 10.2. The molecule has 25 heavy (non-hydrogen) atoms. The number of thioether (sulfide) groups is 1. The van der Waals surface area contributed by atoms with Crippen LogP contribution < -0.4 is 11.2 Å². The molecular weight excluding hydrogens is 383 g/mol. The van der Waals surface area contributed by atoms with Gasteiger partial charge in [-0.05, 0) is 18.2 Å². The van der Waals surface area contributed by atoms with Crippen LogP contribution in [-0.4, -0.2) is 36.1 Å². The summed E-state index contributed by atoms with van der Waals surface area (Å²) in [7, 11) is 0. The molecule has 2 heterocycles. The number of nitrogen functional groups attached to an aromatic ring is 1. The highest BCUT2D eigenvalue weighted by molar-refractivity contribution is 7.99. The molecule has 0 aliphatic carbocycles. The number of carbonyl (C=O) groups is 1. The van der Waals surface area contributed by atoms with Crippen LogP contribution in [0, 0.1) is 0 Å². The van der Waals surface area contributed by atoms with Crippen molar-refractivity contribution in [2.24, 2.45) is 0 Å². The standard InChI is InChI=1S/C12H9ClF3N7OS/c13-8-2-1-6(3-7(8)12(14,15)16)19-9(24)4-25-11-21-20-10-22(17)5-18-23(10)11/h1-3,5H,4,17H2,(H,19,24). The molecule has 0 aliphatic rings. The van der Waals surface area contributed by atoms with E-state index >= 15 is 0 Å². The Bertz CT molecular complexity index is 939. The number of rotatable bonds is 4. The highest BCUT2D eigenvalue weighted by Crippen LogP contribution is 2.36. The molecular formula is C12H9ClF3N7OS. The third-order valence-corrected chi connectivity index (χ3v) is 4.25. The zero-order chi connectivity index (χ0) is 18.2. The number of amides is 1. The van der Waals surface area contributed by atoms with Crippen molar-refractivity contribution in [3.8, 4) is 0 Å². The number of anilines is 1. The maximum atomic E-state index is 12.8. The Hall–Kier alpha value is -2.47. The summed E-state index contributed by atoms with van der Waals surface area (Å²) >= 11 is 6.54. The lowest BCUT2D eigenvalue weighted by Crippen LogP contribution is -2.15. The van der Waals surface area contributed by atoms with Crippen molar-refractivity contribution < 1.29 is 18.0 Å². The summed E-state index contributed by atoms with van der Waals surface area (Å²) < 4.78 is 40.9. The second-order valence-electron chi connectivity index (χ2n) is 4.76.